The first-order valence-corrected chi connectivity index (χ1v) is 10.9. The number of halogens is 3. The molecule has 0 fully saturated rings. The van der Waals surface area contributed by atoms with Crippen LogP contribution in [0.5, 0.6) is 0 Å². The molecule has 0 spiro atoms. The van der Waals surface area contributed by atoms with Gasteiger partial charge < -0.3 is 15.3 Å². The summed E-state index contributed by atoms with van der Waals surface area (Å²) in [7, 11) is 0. The smallest absolute Gasteiger partial charge is 0.323 e. The van der Waals surface area contributed by atoms with Gasteiger partial charge >= 0.3 is 6.03 Å². The summed E-state index contributed by atoms with van der Waals surface area (Å²) in [6, 6.07) is 3.84. The van der Waals surface area contributed by atoms with Crippen LogP contribution in [-0.4, -0.2) is 37.5 Å². The van der Waals surface area contributed by atoms with Crippen LogP contribution in [0.15, 0.2) is 18.2 Å². The Hall–Kier alpha value is -3.50. The molecule has 0 unspecified atom stereocenters. The van der Waals surface area contributed by atoms with E-state index in [4.69, 9.17) is 11.7 Å². The molecule has 0 radical (unpaired) electrons. The monoisotopic (exact) mass is 471 g/mol. The third kappa shape index (κ3) is 4.22. The molecule has 0 bridgehead atoms. The first-order chi connectivity index (χ1) is 15.9. The molecule has 2 aromatic rings. The van der Waals surface area contributed by atoms with Gasteiger partial charge in [0.2, 0.25) is 0 Å². The number of amides is 2. The molecule has 2 atom stereocenters. The first kappa shape index (κ1) is 23.7. The fraction of sp³-hybridized carbons (Fsp3) is 0.458. The van der Waals surface area contributed by atoms with Gasteiger partial charge in [0, 0.05) is 36.6 Å². The van der Waals surface area contributed by atoms with Crippen LogP contribution in [0.25, 0.3) is 0 Å². The molecule has 0 saturated heterocycles. The topological polar surface area (TPSA) is 94.2 Å². The minimum atomic E-state index is -3.19. The van der Waals surface area contributed by atoms with Crippen molar-refractivity contribution in [2.75, 3.05) is 5.32 Å². The van der Waals surface area contributed by atoms with Gasteiger partial charge in [-0.3, -0.25) is 4.68 Å². The predicted molar refractivity (Wildman–Crippen MR) is 117 cm³/mol. The average molecular weight is 471 g/mol. The number of urea groups is 1. The van der Waals surface area contributed by atoms with Crippen LogP contribution < -0.4 is 5.32 Å². The molecule has 7 nitrogen and oxygen atoms in total. The number of aliphatic hydroxyl groups is 1. The largest absolute Gasteiger partial charge is 0.390 e. The van der Waals surface area contributed by atoms with E-state index in [1.54, 1.807) is 19.9 Å². The Morgan fingerprint density at radius 2 is 2.15 bits per heavy atom. The molecule has 178 valence electrons. The molecule has 1 aromatic heterocycles. The molecule has 34 heavy (non-hydrogen) atoms. The van der Waals surface area contributed by atoms with Crippen LogP contribution in [0, 0.1) is 35.4 Å². The quantitative estimate of drug-likeness (QED) is 0.653. The van der Waals surface area contributed by atoms with Crippen LogP contribution in [0.4, 0.5) is 23.7 Å². The second-order valence-corrected chi connectivity index (χ2v) is 9.30. The van der Waals surface area contributed by atoms with Gasteiger partial charge in [-0.25, -0.2) is 9.18 Å². The summed E-state index contributed by atoms with van der Waals surface area (Å²) >= 11 is 0. The van der Waals surface area contributed by atoms with E-state index in [-0.39, 0.29) is 48.4 Å². The zero-order chi connectivity index (χ0) is 24.8. The minimum absolute atomic E-state index is 0.0926. The SMILES string of the molecule is C#C[C@@H]1Cc2nn3c(c2CN1C(=O)Nc1ccc(F)c(C#N)c1)C(F)(F)CC[C@@H](C(C)(C)O)C3. The van der Waals surface area contributed by atoms with Crippen molar-refractivity contribution in [3.8, 4) is 18.4 Å². The fourth-order valence-corrected chi connectivity index (χ4v) is 4.59. The van der Waals surface area contributed by atoms with E-state index in [0.29, 0.717) is 5.69 Å². The summed E-state index contributed by atoms with van der Waals surface area (Å²) in [5.74, 6) is -1.82. The number of carbonyl (C=O) groups excluding carboxylic acids is 1. The number of aromatic nitrogens is 2. The Morgan fingerprint density at radius 3 is 2.79 bits per heavy atom. The van der Waals surface area contributed by atoms with Crippen molar-refractivity contribution in [1.82, 2.24) is 14.7 Å². The summed E-state index contributed by atoms with van der Waals surface area (Å²) in [6.07, 6.45) is 5.41. The second-order valence-electron chi connectivity index (χ2n) is 9.30. The number of carbonyl (C=O) groups is 1. The van der Waals surface area contributed by atoms with Crippen LogP contribution in [0.1, 0.15) is 49.2 Å². The second kappa shape index (κ2) is 8.37. The third-order valence-corrected chi connectivity index (χ3v) is 6.56. The fourth-order valence-electron chi connectivity index (χ4n) is 4.59. The molecule has 3 heterocycles. The zero-order valence-corrected chi connectivity index (χ0v) is 18.8. The van der Waals surface area contributed by atoms with Gasteiger partial charge in [-0.2, -0.15) is 19.1 Å². The van der Waals surface area contributed by atoms with Gasteiger partial charge in [0.15, 0.2) is 0 Å². The van der Waals surface area contributed by atoms with Crippen molar-refractivity contribution < 1.29 is 23.1 Å². The highest BCUT2D eigenvalue weighted by atomic mass is 19.3. The number of fused-ring (bicyclic) bond motifs is 3. The van der Waals surface area contributed by atoms with Crippen molar-refractivity contribution in [3.05, 3.63) is 46.5 Å². The van der Waals surface area contributed by atoms with Crippen molar-refractivity contribution >= 4 is 11.7 Å². The third-order valence-electron chi connectivity index (χ3n) is 6.56. The number of nitrogens with zero attached hydrogens (tertiary/aromatic N) is 4. The molecule has 2 amide bonds. The number of terminal acetylenes is 1. The van der Waals surface area contributed by atoms with E-state index in [0.717, 1.165) is 6.07 Å². The van der Waals surface area contributed by atoms with Crippen LogP contribution in [0.2, 0.25) is 0 Å². The molecule has 0 aliphatic carbocycles. The molecule has 2 N–H and O–H groups in total. The summed E-state index contributed by atoms with van der Waals surface area (Å²) in [5.41, 5.74) is -0.816. The highest BCUT2D eigenvalue weighted by Gasteiger charge is 2.46. The lowest BCUT2D eigenvalue weighted by Crippen LogP contribution is -2.46. The van der Waals surface area contributed by atoms with Crippen LogP contribution in [0.3, 0.4) is 0 Å². The van der Waals surface area contributed by atoms with Gasteiger partial charge in [0.1, 0.15) is 23.6 Å². The lowest BCUT2D eigenvalue weighted by Gasteiger charge is -2.33. The van der Waals surface area contributed by atoms with Gasteiger partial charge in [0.25, 0.3) is 5.92 Å². The number of alkyl halides is 2. The van der Waals surface area contributed by atoms with E-state index in [9.17, 15) is 14.3 Å². The molecule has 0 saturated carbocycles. The normalized spacial score (nSPS) is 21.5. The zero-order valence-electron chi connectivity index (χ0n) is 18.8. The lowest BCUT2D eigenvalue weighted by molar-refractivity contribution is -0.0335. The number of hydrogen-bond acceptors (Lipinski definition) is 4. The van der Waals surface area contributed by atoms with Crippen LogP contribution >= 0.6 is 0 Å². The number of anilines is 1. The van der Waals surface area contributed by atoms with E-state index >= 15 is 8.78 Å². The van der Waals surface area contributed by atoms with Crippen molar-refractivity contribution in [3.63, 3.8) is 0 Å². The van der Waals surface area contributed by atoms with Gasteiger partial charge in [-0.1, -0.05) is 5.92 Å². The summed E-state index contributed by atoms with van der Waals surface area (Å²) in [5, 5.41) is 26.4. The molecule has 2 aliphatic rings. The number of hydrogen-bond donors (Lipinski definition) is 2. The Kier molecular flexibility index (Phi) is 5.82. The Balaban J connectivity index is 1.67. The number of rotatable bonds is 2. The van der Waals surface area contributed by atoms with Crippen molar-refractivity contribution in [1.29, 1.82) is 5.26 Å². The van der Waals surface area contributed by atoms with Gasteiger partial charge in [0.05, 0.1) is 23.4 Å². The summed E-state index contributed by atoms with van der Waals surface area (Å²) in [4.78, 5) is 14.3. The number of nitrogens with one attached hydrogen (secondary N) is 1. The Morgan fingerprint density at radius 1 is 1.41 bits per heavy atom. The molecule has 1 aromatic carbocycles. The summed E-state index contributed by atoms with van der Waals surface area (Å²) in [6.45, 7) is 3.14. The lowest BCUT2D eigenvalue weighted by atomic mass is 9.86. The summed E-state index contributed by atoms with van der Waals surface area (Å²) < 4.78 is 45.4. The maximum absolute atomic E-state index is 15.2. The van der Waals surface area contributed by atoms with Crippen LogP contribution in [-0.2, 0) is 25.4 Å². The maximum Gasteiger partial charge on any atom is 0.323 e. The van der Waals surface area contributed by atoms with Crippen molar-refractivity contribution in [2.45, 2.75) is 63.8 Å². The molecule has 2 aliphatic heterocycles. The molecular weight excluding hydrogens is 447 g/mol. The predicted octanol–water partition coefficient (Wildman–Crippen LogP) is 3.76. The van der Waals surface area contributed by atoms with Gasteiger partial charge in [-0.15, -0.1) is 6.42 Å². The standard InChI is InChI=1S/C24H24F3N5O2/c1-4-17-10-20-18(13-31(17)22(33)29-16-5-6-19(25)14(9-16)11-28)21-24(26,27)8-7-15(23(2,3)34)12-32(21)30-20/h1,5-6,9,15,17,34H,7-8,10,12-13H2,2-3H3,(H,29,33)/t15-,17-/m1/s1. The average Bonchev–Trinajstić information content (AvgIpc) is 3.07. The molecular formula is C24H24F3N5O2. The molecule has 4 rings (SSSR count). The Bertz CT molecular complexity index is 1220. The van der Waals surface area contributed by atoms with E-state index in [1.165, 1.54) is 21.7 Å². The van der Waals surface area contributed by atoms with E-state index in [2.05, 4.69) is 16.3 Å². The molecule has 10 heteroatoms. The van der Waals surface area contributed by atoms with E-state index in [1.807, 2.05) is 0 Å². The first-order valence-electron chi connectivity index (χ1n) is 10.9. The Labute approximate surface area is 195 Å². The highest BCUT2D eigenvalue weighted by molar-refractivity contribution is 5.90. The van der Waals surface area contributed by atoms with Gasteiger partial charge in [-0.05, 0) is 38.5 Å². The highest BCUT2D eigenvalue weighted by Crippen LogP contribution is 2.44. The van der Waals surface area contributed by atoms with E-state index < -0.39 is 41.8 Å². The number of nitriles is 1. The maximum atomic E-state index is 15.2. The number of benzene rings is 1. The minimum Gasteiger partial charge on any atom is -0.390 e. The van der Waals surface area contributed by atoms with Crippen molar-refractivity contribution in [2.24, 2.45) is 5.92 Å².